The zero-order chi connectivity index (χ0) is 13.7. The maximum atomic E-state index is 12.8. The first-order valence-electron chi connectivity index (χ1n) is 6.93. The fraction of sp³-hybridized carbons (Fsp3) is 0.533. The summed E-state index contributed by atoms with van der Waals surface area (Å²) in [5.74, 6) is 0.200. The molecule has 1 unspecified atom stereocenters. The van der Waals surface area contributed by atoms with Crippen LogP contribution in [0.5, 0.6) is 0 Å². The fourth-order valence-electron chi connectivity index (χ4n) is 2.77. The molecule has 19 heavy (non-hydrogen) atoms. The fourth-order valence-corrected chi connectivity index (χ4v) is 2.77. The van der Waals surface area contributed by atoms with E-state index >= 15 is 0 Å². The number of carbonyl (C=O) groups excluding carboxylic acids is 1. The van der Waals surface area contributed by atoms with Crippen LogP contribution < -0.4 is 11.1 Å². The van der Waals surface area contributed by atoms with Gasteiger partial charge >= 0.3 is 0 Å². The monoisotopic (exact) mass is 264 g/mol. The van der Waals surface area contributed by atoms with Crippen LogP contribution in [0, 0.1) is 11.7 Å². The average Bonchev–Trinajstić information content (AvgIpc) is 2.92. The number of nitrogens with two attached hydrogens (primary N) is 1. The lowest BCUT2D eigenvalue weighted by Gasteiger charge is -2.23. The summed E-state index contributed by atoms with van der Waals surface area (Å²) >= 11 is 0. The van der Waals surface area contributed by atoms with Gasteiger partial charge in [0.15, 0.2) is 0 Å². The van der Waals surface area contributed by atoms with E-state index < -0.39 is 0 Å². The molecule has 2 rings (SSSR count). The predicted octanol–water partition coefficient (Wildman–Crippen LogP) is 2.00. The Bertz CT molecular complexity index is 413. The molecule has 1 aliphatic rings. The molecule has 1 aliphatic carbocycles. The highest BCUT2D eigenvalue weighted by Gasteiger charge is 2.25. The summed E-state index contributed by atoms with van der Waals surface area (Å²) in [7, 11) is 0. The molecule has 3 nitrogen and oxygen atoms in total. The van der Waals surface area contributed by atoms with Crippen molar-refractivity contribution < 1.29 is 9.18 Å². The zero-order valence-corrected chi connectivity index (χ0v) is 11.1. The van der Waals surface area contributed by atoms with Crippen LogP contribution in [0.3, 0.4) is 0 Å². The van der Waals surface area contributed by atoms with Crippen molar-refractivity contribution in [2.75, 3.05) is 6.54 Å². The lowest BCUT2D eigenvalue weighted by molar-refractivity contribution is -0.121. The molecule has 0 saturated heterocycles. The van der Waals surface area contributed by atoms with E-state index in [0.29, 0.717) is 12.5 Å². The molecule has 1 fully saturated rings. The highest BCUT2D eigenvalue weighted by molar-refractivity contribution is 5.78. The molecule has 0 aromatic heterocycles. The lowest BCUT2D eigenvalue weighted by atomic mass is 9.98. The molecule has 1 aromatic carbocycles. The second-order valence-corrected chi connectivity index (χ2v) is 5.26. The molecule has 3 N–H and O–H groups in total. The number of benzene rings is 1. The van der Waals surface area contributed by atoms with Crippen molar-refractivity contribution >= 4 is 5.91 Å². The second-order valence-electron chi connectivity index (χ2n) is 5.26. The van der Waals surface area contributed by atoms with Crippen LogP contribution in [0.1, 0.15) is 31.2 Å². The van der Waals surface area contributed by atoms with Gasteiger partial charge in [0.2, 0.25) is 5.91 Å². The molecule has 1 atom stereocenters. The molecule has 0 radical (unpaired) electrons. The van der Waals surface area contributed by atoms with Gasteiger partial charge in [-0.3, -0.25) is 4.79 Å². The largest absolute Gasteiger partial charge is 0.352 e. The van der Waals surface area contributed by atoms with E-state index in [9.17, 15) is 9.18 Å². The summed E-state index contributed by atoms with van der Waals surface area (Å²) in [5, 5.41) is 3.01. The lowest BCUT2D eigenvalue weighted by Crippen LogP contribution is -2.45. The number of carbonyl (C=O) groups is 1. The maximum Gasteiger partial charge on any atom is 0.224 e. The number of rotatable bonds is 5. The minimum absolute atomic E-state index is 0.0334. The Morgan fingerprint density at radius 2 is 1.95 bits per heavy atom. The molecular weight excluding hydrogens is 243 g/mol. The third-order valence-electron chi connectivity index (χ3n) is 3.85. The van der Waals surface area contributed by atoms with Crippen LogP contribution in [0.2, 0.25) is 0 Å². The van der Waals surface area contributed by atoms with Gasteiger partial charge in [0.25, 0.3) is 0 Å². The number of amides is 1. The summed E-state index contributed by atoms with van der Waals surface area (Å²) in [4.78, 5) is 12.0. The summed E-state index contributed by atoms with van der Waals surface area (Å²) in [6.07, 6.45) is 5.05. The SMILES string of the molecule is NCC(NC(=O)Cc1ccc(F)cc1)C1CCCC1. The second kappa shape index (κ2) is 6.66. The molecule has 0 bridgehead atoms. The van der Waals surface area contributed by atoms with Gasteiger partial charge in [-0.25, -0.2) is 4.39 Å². The highest BCUT2D eigenvalue weighted by Crippen LogP contribution is 2.27. The molecule has 0 aliphatic heterocycles. The maximum absolute atomic E-state index is 12.8. The summed E-state index contributed by atoms with van der Waals surface area (Å²) < 4.78 is 12.8. The van der Waals surface area contributed by atoms with Gasteiger partial charge < -0.3 is 11.1 Å². The topological polar surface area (TPSA) is 55.1 Å². The van der Waals surface area contributed by atoms with E-state index in [0.717, 1.165) is 18.4 Å². The van der Waals surface area contributed by atoms with Crippen LogP contribution in [0.4, 0.5) is 4.39 Å². The van der Waals surface area contributed by atoms with Gasteiger partial charge in [-0.05, 0) is 36.5 Å². The van der Waals surface area contributed by atoms with E-state index in [2.05, 4.69) is 5.32 Å². The van der Waals surface area contributed by atoms with Crippen LogP contribution in [-0.2, 0) is 11.2 Å². The van der Waals surface area contributed by atoms with Crippen molar-refractivity contribution in [1.82, 2.24) is 5.32 Å². The normalized spacial score (nSPS) is 17.4. The Kier molecular flexibility index (Phi) is 4.91. The van der Waals surface area contributed by atoms with Gasteiger partial charge in [-0.2, -0.15) is 0 Å². The Labute approximate surface area is 113 Å². The van der Waals surface area contributed by atoms with Crippen LogP contribution >= 0.6 is 0 Å². The number of halogens is 1. The van der Waals surface area contributed by atoms with Crippen molar-refractivity contribution in [3.05, 3.63) is 35.6 Å². The van der Waals surface area contributed by atoms with Crippen molar-refractivity contribution in [2.45, 2.75) is 38.1 Å². The first kappa shape index (κ1) is 14.0. The summed E-state index contributed by atoms with van der Waals surface area (Å²) in [6.45, 7) is 0.486. The summed E-state index contributed by atoms with van der Waals surface area (Å²) in [5.41, 5.74) is 6.57. The Morgan fingerprint density at radius 1 is 1.32 bits per heavy atom. The minimum Gasteiger partial charge on any atom is -0.352 e. The molecular formula is C15H21FN2O. The molecule has 0 heterocycles. The number of nitrogens with one attached hydrogen (secondary N) is 1. The minimum atomic E-state index is -0.282. The third-order valence-corrected chi connectivity index (χ3v) is 3.85. The third kappa shape index (κ3) is 4.03. The Hall–Kier alpha value is -1.42. The summed E-state index contributed by atoms with van der Waals surface area (Å²) in [6, 6.07) is 6.11. The molecule has 104 valence electrons. The van der Waals surface area contributed by atoms with Gasteiger partial charge in [-0.15, -0.1) is 0 Å². The van der Waals surface area contributed by atoms with E-state index in [1.807, 2.05) is 0 Å². The number of hydrogen-bond acceptors (Lipinski definition) is 2. The van der Waals surface area contributed by atoms with E-state index in [1.54, 1.807) is 12.1 Å². The first-order valence-corrected chi connectivity index (χ1v) is 6.93. The molecule has 0 spiro atoms. The first-order chi connectivity index (χ1) is 9.19. The highest BCUT2D eigenvalue weighted by atomic mass is 19.1. The molecule has 1 saturated carbocycles. The zero-order valence-electron chi connectivity index (χ0n) is 11.1. The number of hydrogen-bond donors (Lipinski definition) is 2. The van der Waals surface area contributed by atoms with Crippen molar-refractivity contribution in [3.8, 4) is 0 Å². The van der Waals surface area contributed by atoms with Gasteiger partial charge in [0, 0.05) is 12.6 Å². The van der Waals surface area contributed by atoms with Gasteiger partial charge in [0.1, 0.15) is 5.82 Å². The molecule has 4 heteroatoms. The van der Waals surface area contributed by atoms with Crippen LogP contribution in [0.25, 0.3) is 0 Å². The van der Waals surface area contributed by atoms with Crippen LogP contribution in [0.15, 0.2) is 24.3 Å². The quantitative estimate of drug-likeness (QED) is 0.854. The molecule has 1 aromatic rings. The Morgan fingerprint density at radius 3 is 2.53 bits per heavy atom. The van der Waals surface area contributed by atoms with Crippen LogP contribution in [-0.4, -0.2) is 18.5 Å². The standard InChI is InChI=1S/C15H21FN2O/c16-13-7-5-11(6-8-13)9-15(19)18-14(10-17)12-3-1-2-4-12/h5-8,12,14H,1-4,9-10,17H2,(H,18,19). The van der Waals surface area contributed by atoms with E-state index in [4.69, 9.17) is 5.73 Å². The van der Waals surface area contributed by atoms with Gasteiger partial charge in [-0.1, -0.05) is 25.0 Å². The predicted molar refractivity (Wildman–Crippen MR) is 73.0 cm³/mol. The van der Waals surface area contributed by atoms with Crippen molar-refractivity contribution in [2.24, 2.45) is 11.7 Å². The van der Waals surface area contributed by atoms with Crippen molar-refractivity contribution in [3.63, 3.8) is 0 Å². The van der Waals surface area contributed by atoms with E-state index in [-0.39, 0.29) is 24.2 Å². The van der Waals surface area contributed by atoms with Gasteiger partial charge in [0.05, 0.1) is 6.42 Å². The van der Waals surface area contributed by atoms with Crippen molar-refractivity contribution in [1.29, 1.82) is 0 Å². The molecule has 1 amide bonds. The smallest absolute Gasteiger partial charge is 0.224 e. The Balaban J connectivity index is 1.87. The average molecular weight is 264 g/mol. The van der Waals surface area contributed by atoms with E-state index in [1.165, 1.54) is 25.0 Å².